The standard InChI is InChI=1S/C9H9F3O3/c10-9(11,12)8(15)7-5(13)3-1-2-4-6(7)14/h7H,1-4H2. The molecule has 0 bridgehead atoms. The van der Waals surface area contributed by atoms with Gasteiger partial charge in [0.15, 0.2) is 11.6 Å². The second-order valence-electron chi connectivity index (χ2n) is 3.43. The monoisotopic (exact) mass is 222 g/mol. The first-order valence-electron chi connectivity index (χ1n) is 4.50. The summed E-state index contributed by atoms with van der Waals surface area (Å²) < 4.78 is 36.2. The molecule has 0 N–H and O–H groups in total. The molecule has 0 spiro atoms. The van der Waals surface area contributed by atoms with Gasteiger partial charge in [0, 0.05) is 12.8 Å². The highest BCUT2D eigenvalue weighted by Gasteiger charge is 2.49. The lowest BCUT2D eigenvalue weighted by atomic mass is 9.92. The summed E-state index contributed by atoms with van der Waals surface area (Å²) in [6.45, 7) is 0. The Kier molecular flexibility index (Phi) is 3.26. The summed E-state index contributed by atoms with van der Waals surface area (Å²) in [4.78, 5) is 33.2. The number of carbonyl (C=O) groups excluding carboxylic acids is 3. The molecule has 0 saturated heterocycles. The first-order chi connectivity index (χ1) is 6.84. The van der Waals surface area contributed by atoms with E-state index in [9.17, 15) is 27.6 Å². The maximum Gasteiger partial charge on any atom is 0.451 e. The number of carbonyl (C=O) groups is 3. The van der Waals surface area contributed by atoms with E-state index in [0.717, 1.165) is 0 Å². The van der Waals surface area contributed by atoms with Crippen molar-refractivity contribution in [3.63, 3.8) is 0 Å². The minimum atomic E-state index is -5.11. The van der Waals surface area contributed by atoms with Crippen molar-refractivity contribution in [1.29, 1.82) is 0 Å². The molecule has 0 aromatic heterocycles. The predicted molar refractivity (Wildman–Crippen MR) is 43.0 cm³/mol. The Labute approximate surface area is 83.6 Å². The van der Waals surface area contributed by atoms with Crippen molar-refractivity contribution in [3.8, 4) is 0 Å². The van der Waals surface area contributed by atoms with E-state index in [4.69, 9.17) is 0 Å². The number of alkyl halides is 3. The van der Waals surface area contributed by atoms with Gasteiger partial charge < -0.3 is 0 Å². The highest BCUT2D eigenvalue weighted by atomic mass is 19.4. The summed E-state index contributed by atoms with van der Waals surface area (Å²) in [7, 11) is 0. The third-order valence-electron chi connectivity index (χ3n) is 2.28. The molecule has 0 aromatic carbocycles. The van der Waals surface area contributed by atoms with E-state index < -0.39 is 29.4 Å². The molecule has 3 nitrogen and oxygen atoms in total. The average molecular weight is 222 g/mol. The van der Waals surface area contributed by atoms with Crippen LogP contribution in [0.2, 0.25) is 0 Å². The van der Waals surface area contributed by atoms with Crippen LogP contribution in [-0.2, 0) is 14.4 Å². The van der Waals surface area contributed by atoms with Crippen molar-refractivity contribution in [3.05, 3.63) is 0 Å². The normalized spacial score (nSPS) is 20.2. The lowest BCUT2D eigenvalue weighted by Crippen LogP contribution is -2.39. The van der Waals surface area contributed by atoms with E-state index in [-0.39, 0.29) is 12.8 Å². The van der Waals surface area contributed by atoms with Crippen LogP contribution in [-0.4, -0.2) is 23.5 Å². The third kappa shape index (κ3) is 2.64. The highest BCUT2D eigenvalue weighted by molar-refractivity contribution is 6.21. The summed E-state index contributed by atoms with van der Waals surface area (Å²) in [5.74, 6) is -6.13. The van der Waals surface area contributed by atoms with E-state index in [1.54, 1.807) is 0 Å². The minimum absolute atomic E-state index is 0.127. The summed E-state index contributed by atoms with van der Waals surface area (Å²) in [6.07, 6.45) is -4.63. The van der Waals surface area contributed by atoms with E-state index in [1.807, 2.05) is 0 Å². The van der Waals surface area contributed by atoms with Gasteiger partial charge in [-0.25, -0.2) is 0 Å². The van der Waals surface area contributed by atoms with Crippen LogP contribution in [0.25, 0.3) is 0 Å². The van der Waals surface area contributed by atoms with Crippen LogP contribution in [0.15, 0.2) is 0 Å². The number of Topliss-reactive ketones (excluding diaryl/α,β-unsaturated/α-hetero) is 3. The van der Waals surface area contributed by atoms with Crippen molar-refractivity contribution >= 4 is 17.3 Å². The Bertz CT molecular complexity index is 288. The second-order valence-corrected chi connectivity index (χ2v) is 3.43. The zero-order chi connectivity index (χ0) is 11.6. The molecule has 0 aromatic rings. The van der Waals surface area contributed by atoms with Crippen LogP contribution in [0.3, 0.4) is 0 Å². The summed E-state index contributed by atoms with van der Waals surface area (Å²) in [5.41, 5.74) is 0. The molecule has 0 amide bonds. The van der Waals surface area contributed by atoms with Crippen molar-refractivity contribution in [2.75, 3.05) is 0 Å². The van der Waals surface area contributed by atoms with Crippen LogP contribution in [0.4, 0.5) is 13.2 Å². The lowest BCUT2D eigenvalue weighted by molar-refractivity contribution is -0.177. The molecular weight excluding hydrogens is 213 g/mol. The fraction of sp³-hybridized carbons (Fsp3) is 0.667. The Morgan fingerprint density at radius 2 is 1.47 bits per heavy atom. The van der Waals surface area contributed by atoms with Crippen molar-refractivity contribution in [1.82, 2.24) is 0 Å². The fourth-order valence-electron chi connectivity index (χ4n) is 1.52. The van der Waals surface area contributed by atoms with Gasteiger partial charge in [-0.2, -0.15) is 13.2 Å². The second kappa shape index (κ2) is 4.12. The Morgan fingerprint density at radius 3 is 1.80 bits per heavy atom. The van der Waals surface area contributed by atoms with Crippen LogP contribution in [0.5, 0.6) is 0 Å². The van der Waals surface area contributed by atoms with Gasteiger partial charge in [-0.3, -0.25) is 14.4 Å². The van der Waals surface area contributed by atoms with E-state index in [1.165, 1.54) is 0 Å². The van der Waals surface area contributed by atoms with Crippen molar-refractivity contribution in [2.24, 2.45) is 5.92 Å². The molecule has 1 fully saturated rings. The lowest BCUT2D eigenvalue weighted by Gasteiger charge is -2.12. The molecule has 84 valence electrons. The van der Waals surface area contributed by atoms with Gasteiger partial charge in [0.05, 0.1) is 0 Å². The molecule has 0 aliphatic heterocycles. The number of hydrogen-bond donors (Lipinski definition) is 0. The summed E-state index contributed by atoms with van der Waals surface area (Å²) in [5, 5.41) is 0. The topological polar surface area (TPSA) is 51.2 Å². The molecule has 1 saturated carbocycles. The van der Waals surface area contributed by atoms with E-state index in [2.05, 4.69) is 0 Å². The van der Waals surface area contributed by atoms with Gasteiger partial charge in [-0.15, -0.1) is 0 Å². The Balaban J connectivity index is 2.94. The zero-order valence-electron chi connectivity index (χ0n) is 7.76. The maximum atomic E-state index is 12.1. The first kappa shape index (κ1) is 11.9. The van der Waals surface area contributed by atoms with Crippen LogP contribution >= 0.6 is 0 Å². The quantitative estimate of drug-likeness (QED) is 0.498. The Morgan fingerprint density at radius 1 is 1.07 bits per heavy atom. The predicted octanol–water partition coefficient (Wildman–Crippen LogP) is 1.45. The van der Waals surface area contributed by atoms with E-state index >= 15 is 0 Å². The van der Waals surface area contributed by atoms with Gasteiger partial charge in [0.1, 0.15) is 5.92 Å². The number of ketones is 3. The molecule has 0 heterocycles. The average Bonchev–Trinajstić information content (AvgIpc) is 2.25. The molecule has 0 unspecified atom stereocenters. The largest absolute Gasteiger partial charge is 0.451 e. The molecule has 0 atom stereocenters. The summed E-state index contributed by atoms with van der Waals surface area (Å²) >= 11 is 0. The van der Waals surface area contributed by atoms with Crippen LogP contribution < -0.4 is 0 Å². The van der Waals surface area contributed by atoms with Gasteiger partial charge >= 0.3 is 6.18 Å². The SMILES string of the molecule is O=C1CCCCC(=O)C1C(=O)C(F)(F)F. The molecule has 6 heteroatoms. The number of rotatable bonds is 1. The molecule has 1 aliphatic carbocycles. The highest BCUT2D eigenvalue weighted by Crippen LogP contribution is 2.26. The van der Waals surface area contributed by atoms with Gasteiger partial charge in [0.2, 0.25) is 0 Å². The maximum absolute atomic E-state index is 12.1. The van der Waals surface area contributed by atoms with Gasteiger partial charge in [-0.1, -0.05) is 0 Å². The summed E-state index contributed by atoms with van der Waals surface area (Å²) in [6, 6.07) is 0. The Hall–Kier alpha value is -1.20. The van der Waals surface area contributed by atoms with Crippen LogP contribution in [0.1, 0.15) is 25.7 Å². The molecular formula is C9H9F3O3. The van der Waals surface area contributed by atoms with E-state index in [0.29, 0.717) is 12.8 Å². The molecule has 15 heavy (non-hydrogen) atoms. The van der Waals surface area contributed by atoms with Crippen LogP contribution in [0, 0.1) is 5.92 Å². The molecule has 0 radical (unpaired) electrons. The fourth-order valence-corrected chi connectivity index (χ4v) is 1.52. The van der Waals surface area contributed by atoms with Crippen molar-refractivity contribution < 1.29 is 27.6 Å². The third-order valence-corrected chi connectivity index (χ3v) is 2.28. The zero-order valence-corrected chi connectivity index (χ0v) is 7.76. The van der Waals surface area contributed by atoms with Gasteiger partial charge in [0.25, 0.3) is 5.78 Å². The molecule has 1 aliphatic rings. The minimum Gasteiger partial charge on any atom is -0.298 e. The first-order valence-corrected chi connectivity index (χ1v) is 4.50. The number of hydrogen-bond acceptors (Lipinski definition) is 3. The molecule has 1 rings (SSSR count). The van der Waals surface area contributed by atoms with Crippen molar-refractivity contribution in [2.45, 2.75) is 31.9 Å². The number of halogens is 3. The smallest absolute Gasteiger partial charge is 0.298 e. The van der Waals surface area contributed by atoms with Gasteiger partial charge in [-0.05, 0) is 12.8 Å².